The molecule has 0 saturated carbocycles. The van der Waals surface area contributed by atoms with Crippen LogP contribution in [-0.2, 0) is 25.5 Å². The fourth-order valence-corrected chi connectivity index (χ4v) is 2.39. The average molecular weight is 536 g/mol. The van der Waals surface area contributed by atoms with Crippen LogP contribution in [0, 0.1) is 0 Å². The van der Waals surface area contributed by atoms with Crippen molar-refractivity contribution in [2.45, 2.75) is 18.8 Å². The number of nitrogens with zero attached hydrogens (tertiary/aromatic N) is 3. The van der Waals surface area contributed by atoms with E-state index in [1.807, 2.05) is 0 Å². The van der Waals surface area contributed by atoms with Gasteiger partial charge in [-0.05, 0) is 48.5 Å². The first-order valence-electron chi connectivity index (χ1n) is 8.58. The van der Waals surface area contributed by atoms with Crippen molar-refractivity contribution < 1.29 is 39.5 Å². The fourth-order valence-electron chi connectivity index (χ4n) is 2.39. The maximum absolute atomic E-state index is 12.5. The fraction of sp³-hybridized carbons (Fsp3) is 0.150. The summed E-state index contributed by atoms with van der Waals surface area (Å²) in [7, 11) is 9.53. The molecule has 3 nitrogen and oxygen atoms in total. The average Bonchev–Trinajstić information content (AvgIpc) is 3.19. The summed E-state index contributed by atoms with van der Waals surface area (Å²) in [5.74, 6) is 0. The van der Waals surface area contributed by atoms with Gasteiger partial charge in [0, 0.05) is 12.6 Å². The Morgan fingerprint density at radius 2 is 1.16 bits per heavy atom. The summed E-state index contributed by atoms with van der Waals surface area (Å²) in [4.78, 5) is 12.4. The molecule has 0 N–H and O–H groups in total. The van der Waals surface area contributed by atoms with E-state index >= 15 is 0 Å². The Hall–Kier alpha value is -2.13. The van der Waals surface area contributed by atoms with Crippen LogP contribution < -0.4 is 0 Å². The minimum atomic E-state index is -4.40. The van der Waals surface area contributed by atoms with Gasteiger partial charge in [-0.15, -0.1) is 0 Å². The zero-order valence-corrected chi connectivity index (χ0v) is 18.4. The van der Waals surface area contributed by atoms with Crippen LogP contribution in [0.2, 0.25) is 0 Å². The van der Waals surface area contributed by atoms with E-state index in [9.17, 15) is 26.3 Å². The van der Waals surface area contributed by atoms with Crippen LogP contribution in [0.4, 0.5) is 37.7 Å². The molecule has 0 unspecified atom stereocenters. The Kier molecular flexibility index (Phi) is 9.51. The predicted octanol–water partition coefficient (Wildman–Crippen LogP) is 7.93. The van der Waals surface area contributed by atoms with Gasteiger partial charge in [-0.3, -0.25) is 15.0 Å². The molecule has 2 aromatic rings. The molecule has 0 aromatic heterocycles. The number of benzene rings is 2. The third-order valence-electron chi connectivity index (χ3n) is 3.89. The van der Waals surface area contributed by atoms with E-state index in [1.165, 1.54) is 36.7 Å². The summed E-state index contributed by atoms with van der Waals surface area (Å²) in [6.45, 7) is 0. The van der Waals surface area contributed by atoms with Gasteiger partial charge in [0.05, 0.1) is 40.1 Å². The molecule has 0 spiro atoms. The summed E-state index contributed by atoms with van der Waals surface area (Å²) in [6, 6.07) is 8.82. The summed E-state index contributed by atoms with van der Waals surface area (Å²) >= 11 is 0.194. The number of rotatable bonds is 4. The molecule has 0 bridgehead atoms. The molecule has 1 heterocycles. The van der Waals surface area contributed by atoms with E-state index < -0.39 is 23.5 Å². The third kappa shape index (κ3) is 8.43. The van der Waals surface area contributed by atoms with Gasteiger partial charge < -0.3 is 0 Å². The van der Waals surface area contributed by atoms with Gasteiger partial charge in [-0.1, -0.05) is 6.08 Å². The van der Waals surface area contributed by atoms with E-state index in [1.54, 1.807) is 6.08 Å². The second kappa shape index (κ2) is 11.7. The minimum absolute atomic E-state index is 0.194. The summed E-state index contributed by atoms with van der Waals surface area (Å²) in [6.07, 6.45) is -3.73. The molecule has 0 fully saturated rings. The Morgan fingerprint density at radius 1 is 0.750 bits per heavy atom. The van der Waals surface area contributed by atoms with Crippen molar-refractivity contribution >= 4 is 49.7 Å². The molecule has 12 heteroatoms. The van der Waals surface area contributed by atoms with Crippen LogP contribution in [0.3, 0.4) is 0 Å². The molecular formula is C20H13Cl2F6FeN3. The standard InChI is InChI=1S/C20H13F6N3.2ClH.Fe/c21-19(22,23)13-1-5-15(6-2-13)27-11-17-9-10-18(29-17)12-28-16-7-3-14(4-8-16)20(24,25)26;;;/h1-9,11-12H,10H2;2*1H;/q;;;+2/p-2. The van der Waals surface area contributed by atoms with Crippen LogP contribution in [0.15, 0.2) is 75.3 Å². The second-order valence-corrected chi connectivity index (χ2v) is 7.92. The second-order valence-electron chi connectivity index (χ2n) is 6.09. The first-order chi connectivity index (χ1) is 15.0. The third-order valence-corrected chi connectivity index (χ3v) is 3.89. The van der Waals surface area contributed by atoms with Crippen molar-refractivity contribution in [2.75, 3.05) is 0 Å². The molecule has 172 valence electrons. The molecule has 1 aliphatic heterocycles. The van der Waals surface area contributed by atoms with E-state index in [2.05, 4.69) is 15.0 Å². The Balaban J connectivity index is 0.00000114. The number of hydrogen-bond donors (Lipinski definition) is 0. The first kappa shape index (κ1) is 26.1. The molecule has 0 radical (unpaired) electrons. The molecule has 0 atom stereocenters. The van der Waals surface area contributed by atoms with Gasteiger partial charge in [0.1, 0.15) is 0 Å². The molecule has 0 amide bonds. The Bertz CT molecular complexity index is 1010. The summed E-state index contributed by atoms with van der Waals surface area (Å²) < 4.78 is 75.2. The quantitative estimate of drug-likeness (QED) is 0.216. The summed E-state index contributed by atoms with van der Waals surface area (Å²) in [5.41, 5.74) is 0.292. The Morgan fingerprint density at radius 3 is 1.56 bits per heavy atom. The maximum atomic E-state index is 12.5. The number of halogens is 8. The number of hydrogen-bond acceptors (Lipinski definition) is 3. The zero-order chi connectivity index (χ0) is 23.8. The van der Waals surface area contributed by atoms with Gasteiger partial charge >= 0.3 is 45.7 Å². The van der Waals surface area contributed by atoms with E-state index in [0.717, 1.165) is 24.3 Å². The number of allylic oxidation sites excluding steroid dienone is 2. The SMILES string of the molecule is FC(F)(F)c1ccc(N=CC2=CCC(C=Nc3ccc(C(F)(F)F)cc3)=N2)cc1.[Cl][Fe][Cl]. The van der Waals surface area contributed by atoms with Crippen molar-refractivity contribution in [3.8, 4) is 0 Å². The van der Waals surface area contributed by atoms with Gasteiger partial charge in [-0.2, -0.15) is 26.3 Å². The van der Waals surface area contributed by atoms with Gasteiger partial charge in [0.2, 0.25) is 0 Å². The van der Waals surface area contributed by atoms with Crippen molar-refractivity contribution in [1.29, 1.82) is 0 Å². The molecular weight excluding hydrogens is 523 g/mol. The van der Waals surface area contributed by atoms with Crippen LogP contribution in [0.5, 0.6) is 0 Å². The topological polar surface area (TPSA) is 37.1 Å². The molecule has 0 aliphatic carbocycles. The molecule has 0 saturated heterocycles. The number of alkyl halides is 6. The predicted molar refractivity (Wildman–Crippen MR) is 111 cm³/mol. The molecule has 3 rings (SSSR count). The van der Waals surface area contributed by atoms with Gasteiger partial charge in [0.25, 0.3) is 0 Å². The van der Waals surface area contributed by atoms with Gasteiger partial charge in [-0.25, -0.2) is 0 Å². The van der Waals surface area contributed by atoms with Crippen LogP contribution in [0.1, 0.15) is 17.5 Å². The first-order valence-corrected chi connectivity index (χ1v) is 11.6. The Labute approximate surface area is 194 Å². The normalized spacial score (nSPS) is 14.5. The van der Waals surface area contributed by atoms with Crippen molar-refractivity contribution in [3.05, 3.63) is 71.4 Å². The zero-order valence-electron chi connectivity index (χ0n) is 15.8. The van der Waals surface area contributed by atoms with Crippen LogP contribution in [-0.4, -0.2) is 18.1 Å². The summed E-state index contributed by atoms with van der Waals surface area (Å²) in [5, 5.41) is 0. The van der Waals surface area contributed by atoms with Crippen molar-refractivity contribution in [1.82, 2.24) is 0 Å². The van der Waals surface area contributed by atoms with Gasteiger partial charge in [0.15, 0.2) is 0 Å². The molecule has 2 aromatic carbocycles. The van der Waals surface area contributed by atoms with E-state index in [-0.39, 0.29) is 13.1 Å². The molecule has 1 aliphatic rings. The van der Waals surface area contributed by atoms with Crippen molar-refractivity contribution in [2.24, 2.45) is 15.0 Å². The van der Waals surface area contributed by atoms with E-state index in [4.69, 9.17) is 20.2 Å². The van der Waals surface area contributed by atoms with Crippen LogP contribution in [0.25, 0.3) is 0 Å². The molecule has 32 heavy (non-hydrogen) atoms. The monoisotopic (exact) mass is 535 g/mol. The van der Waals surface area contributed by atoms with Crippen molar-refractivity contribution in [3.63, 3.8) is 0 Å². The van der Waals surface area contributed by atoms with E-state index in [0.29, 0.717) is 29.2 Å². The van der Waals surface area contributed by atoms with Crippen LogP contribution >= 0.6 is 20.2 Å². The number of aliphatic imine (C=N–C) groups is 3.